The number of anilines is 1. The number of amides is 2. The van der Waals surface area contributed by atoms with Gasteiger partial charge in [0.1, 0.15) is 0 Å². The Balaban J connectivity index is 1.61. The molecule has 178 valence electrons. The van der Waals surface area contributed by atoms with E-state index in [4.69, 9.17) is 0 Å². The fourth-order valence-corrected chi connectivity index (χ4v) is 4.08. The second-order valence-corrected chi connectivity index (χ2v) is 9.77. The molecule has 0 aliphatic carbocycles. The maximum atomic E-state index is 13.4. The summed E-state index contributed by atoms with van der Waals surface area (Å²) in [5, 5.41) is 16.7. The summed E-state index contributed by atoms with van der Waals surface area (Å²) < 4.78 is 0. The molecule has 1 aliphatic rings. The summed E-state index contributed by atoms with van der Waals surface area (Å²) in [5.74, 6) is -0.737. The second-order valence-electron chi connectivity index (χ2n) is 9.77. The van der Waals surface area contributed by atoms with Gasteiger partial charge in [0.2, 0.25) is 0 Å². The smallest absolute Gasteiger partial charge is 0.427 e. The van der Waals surface area contributed by atoms with E-state index in [1.807, 2.05) is 83.1 Å². The highest BCUT2D eigenvalue weighted by Gasteiger charge is 2.33. The van der Waals surface area contributed by atoms with Crippen LogP contribution in [0.15, 0.2) is 71.8 Å². The minimum absolute atomic E-state index is 0.293. The fraction of sp³-hybridized carbons (Fsp3) is 0.222. The molecule has 3 aromatic rings. The van der Waals surface area contributed by atoms with Gasteiger partial charge < -0.3 is 5.02 Å². The quantitative estimate of drug-likeness (QED) is 0.456. The van der Waals surface area contributed by atoms with Crippen molar-refractivity contribution in [1.29, 1.82) is 0 Å². The summed E-state index contributed by atoms with van der Waals surface area (Å²) in [4.78, 5) is 28.2. The average Bonchev–Trinajstić information content (AvgIpc) is 2.81. The van der Waals surface area contributed by atoms with Crippen LogP contribution in [0.3, 0.4) is 0 Å². The van der Waals surface area contributed by atoms with Gasteiger partial charge in [-0.2, -0.15) is 5.10 Å². The number of carbonyl (C=O) groups is 2. The molecule has 0 unspecified atom stereocenters. The van der Waals surface area contributed by atoms with Gasteiger partial charge in [0.15, 0.2) is 0 Å². The molecule has 0 aromatic heterocycles. The molecule has 0 radical (unpaired) electrons. The topological polar surface area (TPSA) is 85.2 Å². The van der Waals surface area contributed by atoms with E-state index in [-0.39, 0.29) is 5.91 Å². The molecular weight excluding hydrogens is 439 g/mol. The van der Waals surface area contributed by atoms with Gasteiger partial charge in [-0.05, 0) is 82.0 Å². The molecule has 8 heteroatoms. The van der Waals surface area contributed by atoms with E-state index in [9.17, 15) is 14.6 Å². The van der Waals surface area contributed by atoms with Crippen LogP contribution < -0.4 is 15.8 Å². The Kier molecular flexibility index (Phi) is 6.50. The number of aryl methyl sites for hydroxylation is 2. The molecule has 1 aliphatic heterocycles. The Labute approximate surface area is 206 Å². The van der Waals surface area contributed by atoms with Crippen molar-refractivity contribution in [2.45, 2.75) is 40.2 Å². The maximum Gasteiger partial charge on any atom is 0.471 e. The van der Waals surface area contributed by atoms with Crippen molar-refractivity contribution >= 4 is 36.2 Å². The number of benzene rings is 3. The van der Waals surface area contributed by atoms with Crippen molar-refractivity contribution in [3.05, 3.63) is 94.5 Å². The lowest BCUT2D eigenvalue weighted by Gasteiger charge is -2.35. The Morgan fingerprint density at radius 3 is 2.23 bits per heavy atom. The van der Waals surface area contributed by atoms with Gasteiger partial charge in [0.25, 0.3) is 11.8 Å². The summed E-state index contributed by atoms with van der Waals surface area (Å²) in [6.45, 7) is 9.45. The highest BCUT2D eigenvalue weighted by molar-refractivity contribution is 6.71. The minimum atomic E-state index is -1.05. The summed E-state index contributed by atoms with van der Waals surface area (Å²) in [5.41, 5.74) is 6.91. The van der Waals surface area contributed by atoms with Crippen LogP contribution in [0.5, 0.6) is 0 Å². The first-order valence-electron chi connectivity index (χ1n) is 11.5. The second kappa shape index (κ2) is 9.39. The normalized spacial score (nSPS) is 12.9. The molecular formula is C27H29BN4O3. The van der Waals surface area contributed by atoms with E-state index < -0.39 is 18.5 Å². The third-order valence-corrected chi connectivity index (χ3v) is 5.76. The first kappa shape index (κ1) is 24.2. The van der Waals surface area contributed by atoms with Crippen molar-refractivity contribution in [3.63, 3.8) is 0 Å². The zero-order valence-electron chi connectivity index (χ0n) is 20.6. The van der Waals surface area contributed by atoms with Crippen LogP contribution in [0.1, 0.15) is 58.2 Å². The average molecular weight is 468 g/mol. The lowest BCUT2D eigenvalue weighted by Crippen LogP contribution is -2.56. The lowest BCUT2D eigenvalue weighted by atomic mass is 9.69. The van der Waals surface area contributed by atoms with E-state index >= 15 is 0 Å². The number of rotatable bonds is 3. The Morgan fingerprint density at radius 2 is 1.60 bits per heavy atom. The number of carbonyl (C=O) groups excluding carboxylic acids is 2. The first-order valence-corrected chi connectivity index (χ1v) is 11.5. The van der Waals surface area contributed by atoms with Crippen LogP contribution in [-0.2, 0) is 0 Å². The van der Waals surface area contributed by atoms with Gasteiger partial charge in [-0.1, -0.05) is 41.5 Å². The third-order valence-electron chi connectivity index (χ3n) is 5.76. The molecule has 0 bridgehead atoms. The van der Waals surface area contributed by atoms with E-state index in [1.54, 1.807) is 24.4 Å². The summed E-state index contributed by atoms with van der Waals surface area (Å²) in [6.07, 6.45) is 1.65. The highest BCUT2D eigenvalue weighted by Crippen LogP contribution is 2.20. The van der Waals surface area contributed by atoms with Gasteiger partial charge >= 0.3 is 7.05 Å². The number of hydrogen-bond donors (Lipinski definition) is 2. The Bertz CT molecular complexity index is 1280. The SMILES string of the molecule is Cc1cc(C)cc(C(=O)N(NC(=O)c2ccc3c(c2)B(O)N(c2ccccc2)N=C3)C(C)(C)C)c1. The van der Waals surface area contributed by atoms with Crippen LogP contribution in [-0.4, -0.2) is 40.7 Å². The molecule has 0 saturated carbocycles. The van der Waals surface area contributed by atoms with E-state index in [1.165, 1.54) is 9.93 Å². The molecule has 2 amide bonds. The van der Waals surface area contributed by atoms with E-state index in [2.05, 4.69) is 10.5 Å². The fourth-order valence-electron chi connectivity index (χ4n) is 4.08. The molecule has 7 nitrogen and oxygen atoms in total. The maximum absolute atomic E-state index is 13.4. The summed E-state index contributed by atoms with van der Waals surface area (Å²) in [7, 11) is -1.05. The van der Waals surface area contributed by atoms with Crippen molar-refractivity contribution in [1.82, 2.24) is 10.4 Å². The number of para-hydroxylation sites is 1. The molecule has 3 aromatic carbocycles. The van der Waals surface area contributed by atoms with Gasteiger partial charge in [0.05, 0.1) is 11.8 Å². The van der Waals surface area contributed by atoms with E-state index in [0.29, 0.717) is 16.6 Å². The van der Waals surface area contributed by atoms with Crippen molar-refractivity contribution in [3.8, 4) is 0 Å². The first-order chi connectivity index (χ1) is 16.5. The Morgan fingerprint density at radius 1 is 0.943 bits per heavy atom. The number of nitrogens with one attached hydrogen (secondary N) is 1. The zero-order valence-corrected chi connectivity index (χ0v) is 20.6. The predicted molar refractivity (Wildman–Crippen MR) is 140 cm³/mol. The monoisotopic (exact) mass is 468 g/mol. The van der Waals surface area contributed by atoms with Gasteiger partial charge in [-0.15, -0.1) is 0 Å². The standard InChI is InChI=1S/C27H29BN4O3/c1-18-13-19(2)15-22(14-18)26(34)31(27(3,4)5)30-25(33)20-11-12-21-17-29-32(28(35)24(21)16-20)23-9-7-6-8-10-23/h6-17,35H,1-5H3,(H,30,33). The van der Waals surface area contributed by atoms with Gasteiger partial charge in [-0.3, -0.25) is 19.9 Å². The van der Waals surface area contributed by atoms with Crippen LogP contribution in [0.2, 0.25) is 0 Å². The van der Waals surface area contributed by atoms with Crippen LogP contribution in [0, 0.1) is 13.8 Å². The van der Waals surface area contributed by atoms with Crippen LogP contribution in [0.25, 0.3) is 0 Å². The molecule has 0 fully saturated rings. The largest absolute Gasteiger partial charge is 0.471 e. The van der Waals surface area contributed by atoms with Crippen LogP contribution in [0.4, 0.5) is 5.69 Å². The zero-order chi connectivity index (χ0) is 25.3. The molecule has 2 N–H and O–H groups in total. The van der Waals surface area contributed by atoms with Gasteiger partial charge in [-0.25, -0.2) is 5.01 Å². The minimum Gasteiger partial charge on any atom is -0.427 e. The number of nitrogens with zero attached hydrogens (tertiary/aromatic N) is 3. The molecule has 1 heterocycles. The highest BCUT2D eigenvalue weighted by atomic mass is 16.2. The van der Waals surface area contributed by atoms with Gasteiger partial charge in [0, 0.05) is 16.8 Å². The number of hydrazone groups is 1. The predicted octanol–water partition coefficient (Wildman–Crippen LogP) is 3.43. The molecule has 35 heavy (non-hydrogen) atoms. The number of fused-ring (bicyclic) bond motifs is 1. The number of hydrazine groups is 1. The summed E-state index contributed by atoms with van der Waals surface area (Å²) >= 11 is 0. The number of hydrogen-bond acceptors (Lipinski definition) is 5. The molecule has 4 rings (SSSR count). The summed E-state index contributed by atoms with van der Waals surface area (Å²) in [6, 6.07) is 20.0. The van der Waals surface area contributed by atoms with Crippen molar-refractivity contribution in [2.75, 3.05) is 4.92 Å². The van der Waals surface area contributed by atoms with Crippen LogP contribution >= 0.6 is 0 Å². The molecule has 0 atom stereocenters. The molecule has 0 saturated heterocycles. The third kappa shape index (κ3) is 5.12. The van der Waals surface area contributed by atoms with E-state index in [0.717, 1.165) is 22.4 Å². The van der Waals surface area contributed by atoms with Crippen molar-refractivity contribution in [2.24, 2.45) is 5.10 Å². The Hall–Kier alpha value is -3.91. The van der Waals surface area contributed by atoms with Crippen molar-refractivity contribution < 1.29 is 14.6 Å². The molecule has 0 spiro atoms. The lowest BCUT2D eigenvalue weighted by molar-refractivity contribution is 0.0358.